The van der Waals surface area contributed by atoms with E-state index in [0.29, 0.717) is 52.4 Å². The smallest absolute Gasteiger partial charge is 0.205 e. The van der Waals surface area contributed by atoms with Crippen molar-refractivity contribution < 1.29 is 28.4 Å². The Bertz CT molecular complexity index is 1020. The highest BCUT2D eigenvalue weighted by Gasteiger charge is 2.20. The summed E-state index contributed by atoms with van der Waals surface area (Å²) in [4.78, 5) is 8.76. The van der Waals surface area contributed by atoms with Gasteiger partial charge in [0.15, 0.2) is 11.5 Å². The van der Waals surface area contributed by atoms with Crippen LogP contribution in [0.15, 0.2) is 24.5 Å². The van der Waals surface area contributed by atoms with E-state index in [1.54, 1.807) is 54.8 Å². The maximum Gasteiger partial charge on any atom is 0.205 e. The summed E-state index contributed by atoms with van der Waals surface area (Å²) in [6.07, 6.45) is 1.46. The minimum absolute atomic E-state index is 0.388. The molecule has 0 amide bonds. The fourth-order valence-electron chi connectivity index (χ4n) is 3.23. The van der Waals surface area contributed by atoms with Crippen molar-refractivity contribution in [3.8, 4) is 34.5 Å². The van der Waals surface area contributed by atoms with Crippen LogP contribution in [-0.2, 0) is 6.54 Å². The average molecular weight is 415 g/mol. The Morgan fingerprint density at radius 1 is 0.700 bits per heavy atom. The molecule has 1 heterocycles. The van der Waals surface area contributed by atoms with Gasteiger partial charge in [0.1, 0.15) is 34.9 Å². The van der Waals surface area contributed by atoms with E-state index < -0.39 is 0 Å². The van der Waals surface area contributed by atoms with Gasteiger partial charge in [0.05, 0.1) is 53.6 Å². The van der Waals surface area contributed by atoms with Gasteiger partial charge in [0.25, 0.3) is 0 Å². The first-order chi connectivity index (χ1) is 14.6. The molecule has 0 atom stereocenters. The number of rotatable bonds is 9. The Hall–Kier alpha value is -3.62. The standard InChI is InChI=1S/C21H25N3O6/c1-25-12-7-15(26-2)14(16(8-12)27-3)10-22-21-13-9-17(28-4)19(29-5)20(30-6)18(13)23-11-24-21/h7-9,11H,10H2,1-6H3,(H,22,23,24). The molecular weight excluding hydrogens is 390 g/mol. The van der Waals surface area contributed by atoms with Crippen molar-refractivity contribution >= 4 is 16.7 Å². The third-order valence-electron chi connectivity index (χ3n) is 4.68. The number of fused-ring (bicyclic) bond motifs is 1. The van der Waals surface area contributed by atoms with Crippen molar-refractivity contribution in [2.75, 3.05) is 48.0 Å². The van der Waals surface area contributed by atoms with Crippen molar-refractivity contribution in [2.24, 2.45) is 0 Å². The van der Waals surface area contributed by atoms with Crippen molar-refractivity contribution in [3.05, 3.63) is 30.1 Å². The normalized spacial score (nSPS) is 10.5. The van der Waals surface area contributed by atoms with Gasteiger partial charge in [-0.25, -0.2) is 9.97 Å². The molecule has 9 heteroatoms. The van der Waals surface area contributed by atoms with Crippen molar-refractivity contribution in [1.29, 1.82) is 0 Å². The molecule has 0 aliphatic heterocycles. The lowest BCUT2D eigenvalue weighted by Gasteiger charge is -2.18. The quantitative estimate of drug-likeness (QED) is 0.565. The Labute approximate surface area is 174 Å². The molecule has 0 unspecified atom stereocenters. The minimum atomic E-state index is 0.388. The molecule has 160 valence electrons. The third-order valence-corrected chi connectivity index (χ3v) is 4.68. The second kappa shape index (κ2) is 9.25. The number of benzene rings is 2. The summed E-state index contributed by atoms with van der Waals surface area (Å²) < 4.78 is 32.8. The van der Waals surface area contributed by atoms with E-state index in [9.17, 15) is 0 Å². The molecule has 0 radical (unpaired) electrons. The molecule has 9 nitrogen and oxygen atoms in total. The van der Waals surface area contributed by atoms with Gasteiger partial charge in [0, 0.05) is 18.7 Å². The van der Waals surface area contributed by atoms with Gasteiger partial charge in [0.2, 0.25) is 5.75 Å². The van der Waals surface area contributed by atoms with Crippen LogP contribution < -0.4 is 33.7 Å². The summed E-state index contributed by atoms with van der Waals surface area (Å²) >= 11 is 0. The van der Waals surface area contributed by atoms with Crippen LogP contribution in [0.3, 0.4) is 0 Å². The molecule has 30 heavy (non-hydrogen) atoms. The molecule has 1 aromatic heterocycles. The van der Waals surface area contributed by atoms with Gasteiger partial charge in [-0.15, -0.1) is 0 Å². The molecule has 0 saturated carbocycles. The lowest BCUT2D eigenvalue weighted by molar-refractivity contribution is 0.327. The zero-order valence-corrected chi connectivity index (χ0v) is 17.9. The highest BCUT2D eigenvalue weighted by Crippen LogP contribution is 2.44. The lowest BCUT2D eigenvalue weighted by atomic mass is 10.1. The Kier molecular flexibility index (Phi) is 6.51. The number of methoxy groups -OCH3 is 6. The topological polar surface area (TPSA) is 93.2 Å². The number of nitrogens with one attached hydrogen (secondary N) is 1. The van der Waals surface area contributed by atoms with Crippen LogP contribution in [0.2, 0.25) is 0 Å². The van der Waals surface area contributed by atoms with E-state index >= 15 is 0 Å². The van der Waals surface area contributed by atoms with Gasteiger partial charge in [-0.05, 0) is 6.07 Å². The summed E-state index contributed by atoms with van der Waals surface area (Å²) in [6, 6.07) is 5.41. The summed E-state index contributed by atoms with van der Waals surface area (Å²) in [6.45, 7) is 0.388. The molecule has 3 aromatic rings. The van der Waals surface area contributed by atoms with Crippen LogP contribution in [0.4, 0.5) is 5.82 Å². The van der Waals surface area contributed by atoms with Gasteiger partial charge < -0.3 is 33.7 Å². The molecule has 0 spiro atoms. The van der Waals surface area contributed by atoms with Crippen LogP contribution in [0.5, 0.6) is 34.5 Å². The fraction of sp³-hybridized carbons (Fsp3) is 0.333. The van der Waals surface area contributed by atoms with Crippen molar-refractivity contribution in [3.63, 3.8) is 0 Å². The Morgan fingerprint density at radius 2 is 1.33 bits per heavy atom. The number of ether oxygens (including phenoxy) is 6. The largest absolute Gasteiger partial charge is 0.496 e. The first-order valence-electron chi connectivity index (χ1n) is 9.08. The monoisotopic (exact) mass is 415 g/mol. The predicted molar refractivity (Wildman–Crippen MR) is 113 cm³/mol. The molecular formula is C21H25N3O6. The van der Waals surface area contributed by atoms with Gasteiger partial charge in [-0.3, -0.25) is 0 Å². The highest BCUT2D eigenvalue weighted by atomic mass is 16.5. The average Bonchev–Trinajstić information content (AvgIpc) is 2.80. The first kappa shape index (κ1) is 21.1. The van der Waals surface area contributed by atoms with Crippen LogP contribution in [0, 0.1) is 0 Å². The molecule has 0 aliphatic carbocycles. The number of aromatic nitrogens is 2. The molecule has 0 saturated heterocycles. The van der Waals surface area contributed by atoms with Crippen LogP contribution in [-0.4, -0.2) is 52.6 Å². The summed E-state index contributed by atoms with van der Waals surface area (Å²) in [5, 5.41) is 4.05. The van der Waals surface area contributed by atoms with Gasteiger partial charge >= 0.3 is 0 Å². The summed E-state index contributed by atoms with van der Waals surface area (Å²) in [7, 11) is 9.45. The molecule has 1 N–H and O–H groups in total. The lowest BCUT2D eigenvalue weighted by Crippen LogP contribution is -2.07. The molecule has 0 fully saturated rings. The van der Waals surface area contributed by atoms with Gasteiger partial charge in [-0.2, -0.15) is 0 Å². The number of hydrogen-bond acceptors (Lipinski definition) is 9. The van der Waals surface area contributed by atoms with E-state index in [1.165, 1.54) is 6.33 Å². The summed E-state index contributed by atoms with van der Waals surface area (Å²) in [5.74, 6) is 3.95. The predicted octanol–water partition coefficient (Wildman–Crippen LogP) is 3.29. The third kappa shape index (κ3) is 3.78. The highest BCUT2D eigenvalue weighted by molar-refractivity contribution is 5.96. The van der Waals surface area contributed by atoms with E-state index in [4.69, 9.17) is 28.4 Å². The molecule has 0 bridgehead atoms. The van der Waals surface area contributed by atoms with Crippen LogP contribution in [0.25, 0.3) is 10.9 Å². The second-order valence-electron chi connectivity index (χ2n) is 6.13. The summed E-state index contributed by atoms with van der Waals surface area (Å²) in [5.41, 5.74) is 1.42. The first-order valence-corrected chi connectivity index (χ1v) is 9.08. The van der Waals surface area contributed by atoms with Crippen LogP contribution in [0.1, 0.15) is 5.56 Å². The number of hydrogen-bond donors (Lipinski definition) is 1. The van der Waals surface area contributed by atoms with Crippen LogP contribution >= 0.6 is 0 Å². The number of nitrogens with zero attached hydrogens (tertiary/aromatic N) is 2. The molecule has 3 rings (SSSR count). The van der Waals surface area contributed by atoms with E-state index in [2.05, 4.69) is 15.3 Å². The van der Waals surface area contributed by atoms with Gasteiger partial charge in [-0.1, -0.05) is 0 Å². The Balaban J connectivity index is 2.06. The number of anilines is 1. The van der Waals surface area contributed by atoms with E-state index in [-0.39, 0.29) is 0 Å². The maximum atomic E-state index is 5.53. The van der Waals surface area contributed by atoms with Crippen molar-refractivity contribution in [2.45, 2.75) is 6.54 Å². The zero-order chi connectivity index (χ0) is 21.7. The molecule has 2 aromatic carbocycles. The van der Waals surface area contributed by atoms with Crippen molar-refractivity contribution in [1.82, 2.24) is 9.97 Å². The second-order valence-corrected chi connectivity index (χ2v) is 6.13. The fourth-order valence-corrected chi connectivity index (χ4v) is 3.23. The zero-order valence-electron chi connectivity index (χ0n) is 17.9. The SMILES string of the molecule is COc1cc(OC)c(CNc2ncnc3c(OC)c(OC)c(OC)cc23)c(OC)c1. The molecule has 0 aliphatic rings. The maximum absolute atomic E-state index is 5.53. The minimum Gasteiger partial charge on any atom is -0.496 e. The Morgan fingerprint density at radius 3 is 1.87 bits per heavy atom. The van der Waals surface area contributed by atoms with E-state index in [0.717, 1.165) is 10.9 Å². The van der Waals surface area contributed by atoms with E-state index in [1.807, 2.05) is 6.07 Å².